The third-order valence-electron chi connectivity index (χ3n) is 7.13. The van der Waals surface area contributed by atoms with Gasteiger partial charge in [0.25, 0.3) is 10.0 Å². The minimum absolute atomic E-state index is 0.0260. The van der Waals surface area contributed by atoms with E-state index in [-0.39, 0.29) is 23.8 Å². The van der Waals surface area contributed by atoms with Gasteiger partial charge in [-0.05, 0) is 66.4 Å². The number of nitrogens with zero attached hydrogens (tertiary/aromatic N) is 2. The van der Waals surface area contributed by atoms with Crippen molar-refractivity contribution in [1.82, 2.24) is 10.2 Å². The third kappa shape index (κ3) is 8.08. The van der Waals surface area contributed by atoms with Crippen LogP contribution < -0.4 is 9.62 Å². The molecule has 1 atom stereocenters. The Morgan fingerprint density at radius 1 is 0.767 bits per heavy atom. The molecule has 0 aliphatic carbocycles. The topological polar surface area (TPSA) is 86.8 Å². The van der Waals surface area contributed by atoms with E-state index in [2.05, 4.69) is 5.32 Å². The second kappa shape index (κ2) is 14.6. The number of nitrogens with one attached hydrogen (secondary N) is 1. The summed E-state index contributed by atoms with van der Waals surface area (Å²) in [6.45, 7) is 3.56. The molecule has 4 aromatic carbocycles. The van der Waals surface area contributed by atoms with Gasteiger partial charge in [0.1, 0.15) is 18.4 Å². The highest BCUT2D eigenvalue weighted by atomic mass is 32.2. The zero-order chi connectivity index (χ0) is 30.8. The zero-order valence-electron chi connectivity index (χ0n) is 24.3. The Hall–Kier alpha value is -4.50. The lowest BCUT2D eigenvalue weighted by Crippen LogP contribution is -2.53. The fraction of sp³-hybridized carbons (Fsp3) is 0.235. The van der Waals surface area contributed by atoms with E-state index in [0.717, 1.165) is 21.9 Å². The third-order valence-corrected chi connectivity index (χ3v) is 8.92. The van der Waals surface area contributed by atoms with Gasteiger partial charge >= 0.3 is 0 Å². The molecule has 0 bridgehead atoms. The van der Waals surface area contributed by atoms with Gasteiger partial charge in [0, 0.05) is 19.5 Å². The second-order valence-corrected chi connectivity index (χ2v) is 12.0. The summed E-state index contributed by atoms with van der Waals surface area (Å²) in [7, 11) is -4.16. The van der Waals surface area contributed by atoms with E-state index in [1.54, 1.807) is 49.4 Å². The molecular formula is C34H36FN3O4S. The van der Waals surface area contributed by atoms with Crippen molar-refractivity contribution in [2.45, 2.75) is 44.2 Å². The van der Waals surface area contributed by atoms with Crippen molar-refractivity contribution in [3.8, 4) is 0 Å². The summed E-state index contributed by atoms with van der Waals surface area (Å²) in [6.07, 6.45) is 0.972. The minimum atomic E-state index is -4.16. The van der Waals surface area contributed by atoms with Crippen LogP contribution in [0.5, 0.6) is 0 Å². The summed E-state index contributed by atoms with van der Waals surface area (Å²) in [4.78, 5) is 29.2. The van der Waals surface area contributed by atoms with Gasteiger partial charge in [0.05, 0.1) is 10.6 Å². The summed E-state index contributed by atoms with van der Waals surface area (Å²) in [5.41, 5.74) is 2.78. The highest BCUT2D eigenvalue weighted by Crippen LogP contribution is 2.25. The first-order valence-corrected chi connectivity index (χ1v) is 15.7. The van der Waals surface area contributed by atoms with Crippen LogP contribution in [0.4, 0.5) is 10.1 Å². The summed E-state index contributed by atoms with van der Waals surface area (Å²) in [5, 5.41) is 2.83. The van der Waals surface area contributed by atoms with Crippen molar-refractivity contribution in [2.75, 3.05) is 17.4 Å². The van der Waals surface area contributed by atoms with Crippen molar-refractivity contribution in [2.24, 2.45) is 0 Å². The predicted octanol–water partition coefficient (Wildman–Crippen LogP) is 5.36. The number of rotatable bonds is 13. The van der Waals surface area contributed by atoms with E-state index in [0.29, 0.717) is 17.8 Å². The number of hydrogen-bond donors (Lipinski definition) is 1. The van der Waals surface area contributed by atoms with E-state index >= 15 is 0 Å². The molecule has 0 unspecified atom stereocenters. The lowest BCUT2D eigenvalue weighted by Gasteiger charge is -2.33. The molecule has 0 aliphatic heterocycles. The molecule has 0 spiro atoms. The normalized spacial score (nSPS) is 11.9. The first-order chi connectivity index (χ1) is 20.7. The summed E-state index contributed by atoms with van der Waals surface area (Å²) in [5.74, 6) is -1.37. The molecule has 9 heteroatoms. The van der Waals surface area contributed by atoms with Crippen LogP contribution in [-0.4, -0.2) is 44.3 Å². The van der Waals surface area contributed by atoms with Gasteiger partial charge in [-0.1, -0.05) is 79.7 Å². The van der Waals surface area contributed by atoms with Gasteiger partial charge in [-0.15, -0.1) is 0 Å². The maximum atomic E-state index is 14.3. The molecule has 0 radical (unpaired) electrons. The maximum absolute atomic E-state index is 14.3. The Morgan fingerprint density at radius 3 is 1.93 bits per heavy atom. The van der Waals surface area contributed by atoms with Gasteiger partial charge in [0.15, 0.2) is 0 Å². The molecular weight excluding hydrogens is 565 g/mol. The van der Waals surface area contributed by atoms with Crippen LogP contribution in [0.1, 0.15) is 30.5 Å². The van der Waals surface area contributed by atoms with Crippen LogP contribution in [0.3, 0.4) is 0 Å². The molecule has 43 heavy (non-hydrogen) atoms. The quantitative estimate of drug-likeness (QED) is 0.224. The number of sulfonamides is 1. The Bertz CT molecular complexity index is 1600. The smallest absolute Gasteiger partial charge is 0.264 e. The molecule has 0 fully saturated rings. The molecule has 1 N–H and O–H groups in total. The van der Waals surface area contributed by atoms with Crippen molar-refractivity contribution in [3.63, 3.8) is 0 Å². The van der Waals surface area contributed by atoms with E-state index in [1.807, 2.05) is 49.4 Å². The largest absolute Gasteiger partial charge is 0.355 e. The fourth-order valence-electron chi connectivity index (χ4n) is 4.78. The summed E-state index contributed by atoms with van der Waals surface area (Å²) >= 11 is 0. The number of aryl methyl sites for hydroxylation is 1. The molecule has 7 nitrogen and oxygen atoms in total. The number of amides is 2. The van der Waals surface area contributed by atoms with Crippen LogP contribution in [0.25, 0.3) is 0 Å². The molecule has 0 saturated carbocycles. The average Bonchev–Trinajstić information content (AvgIpc) is 3.03. The number of carbonyl (C=O) groups is 2. The predicted molar refractivity (Wildman–Crippen MR) is 166 cm³/mol. The van der Waals surface area contributed by atoms with Crippen LogP contribution in [0.2, 0.25) is 0 Å². The molecule has 0 aliphatic rings. The molecule has 4 rings (SSSR count). The standard InChI is InChI=1S/C34H36FN3O4S/c1-3-26-17-21-30(22-18-26)38(43(41,42)31-13-9-6-10-14-31)25-33(39)37(24-28-15-19-29(35)20-16-28)32(34(40)36-4-2)23-27-11-7-5-8-12-27/h5-22,32H,3-4,23-25H2,1-2H3,(H,36,40)/t32-/m0/s1. The van der Waals surface area contributed by atoms with Gasteiger partial charge in [0.2, 0.25) is 11.8 Å². The number of carbonyl (C=O) groups excluding carboxylic acids is 2. The van der Waals surface area contributed by atoms with Crippen molar-refractivity contribution < 1.29 is 22.4 Å². The van der Waals surface area contributed by atoms with E-state index in [1.165, 1.54) is 29.2 Å². The monoisotopic (exact) mass is 601 g/mol. The number of halogens is 1. The Balaban J connectivity index is 1.78. The van der Waals surface area contributed by atoms with E-state index < -0.39 is 34.3 Å². The summed E-state index contributed by atoms with van der Waals surface area (Å²) in [6, 6.07) is 29.0. The van der Waals surface area contributed by atoms with Crippen LogP contribution in [-0.2, 0) is 39.0 Å². The lowest BCUT2D eigenvalue weighted by atomic mass is 10.0. The minimum Gasteiger partial charge on any atom is -0.355 e. The first-order valence-electron chi connectivity index (χ1n) is 14.2. The van der Waals surface area contributed by atoms with Gasteiger partial charge in [-0.2, -0.15) is 0 Å². The van der Waals surface area contributed by atoms with E-state index in [9.17, 15) is 22.4 Å². The van der Waals surface area contributed by atoms with Crippen molar-refractivity contribution >= 4 is 27.5 Å². The zero-order valence-corrected chi connectivity index (χ0v) is 25.1. The van der Waals surface area contributed by atoms with Crippen LogP contribution in [0, 0.1) is 5.82 Å². The Morgan fingerprint density at radius 2 is 1.35 bits per heavy atom. The van der Waals surface area contributed by atoms with Gasteiger partial charge in [-0.3, -0.25) is 13.9 Å². The fourth-order valence-corrected chi connectivity index (χ4v) is 6.21. The highest BCUT2D eigenvalue weighted by Gasteiger charge is 2.34. The molecule has 0 saturated heterocycles. The van der Waals surface area contributed by atoms with Gasteiger partial charge < -0.3 is 10.2 Å². The molecule has 2 amide bonds. The van der Waals surface area contributed by atoms with E-state index in [4.69, 9.17) is 0 Å². The SMILES string of the molecule is CCNC(=O)[C@H](Cc1ccccc1)N(Cc1ccc(F)cc1)C(=O)CN(c1ccc(CC)cc1)S(=O)(=O)c1ccccc1. The molecule has 224 valence electrons. The maximum Gasteiger partial charge on any atom is 0.264 e. The Labute approximate surface area is 253 Å². The second-order valence-electron chi connectivity index (χ2n) is 10.1. The Kier molecular flexibility index (Phi) is 10.7. The van der Waals surface area contributed by atoms with Crippen molar-refractivity contribution in [3.05, 3.63) is 132 Å². The molecule has 4 aromatic rings. The highest BCUT2D eigenvalue weighted by molar-refractivity contribution is 7.92. The molecule has 0 aromatic heterocycles. The number of benzene rings is 4. The lowest BCUT2D eigenvalue weighted by molar-refractivity contribution is -0.140. The van der Waals surface area contributed by atoms with Gasteiger partial charge in [-0.25, -0.2) is 12.8 Å². The van der Waals surface area contributed by atoms with Crippen LogP contribution in [0.15, 0.2) is 114 Å². The number of anilines is 1. The summed E-state index contributed by atoms with van der Waals surface area (Å²) < 4.78 is 42.8. The van der Waals surface area contributed by atoms with Crippen LogP contribution >= 0.6 is 0 Å². The average molecular weight is 602 g/mol. The number of likely N-dealkylation sites (N-methyl/N-ethyl adjacent to an activating group) is 1. The molecule has 0 heterocycles. The van der Waals surface area contributed by atoms with Crippen molar-refractivity contribution in [1.29, 1.82) is 0 Å². The number of hydrogen-bond acceptors (Lipinski definition) is 4. The first kappa shape index (κ1) is 31.4.